The normalized spacial score (nSPS) is 21.8. The average Bonchev–Trinajstić information content (AvgIpc) is 2.78. The molecule has 0 spiro atoms. The third-order valence-corrected chi connectivity index (χ3v) is 3.35. The Morgan fingerprint density at radius 3 is 2.65 bits per heavy atom. The van der Waals surface area contributed by atoms with Gasteiger partial charge in [0.2, 0.25) is 11.7 Å². The Morgan fingerprint density at radius 2 is 2.10 bits per heavy atom. The van der Waals surface area contributed by atoms with Crippen molar-refractivity contribution < 1.29 is 18.5 Å². The zero-order valence-electron chi connectivity index (χ0n) is 10.7. The van der Waals surface area contributed by atoms with Gasteiger partial charge in [-0.15, -0.1) is 0 Å². The summed E-state index contributed by atoms with van der Waals surface area (Å²) >= 11 is 0. The molecule has 1 fully saturated rings. The molecule has 108 valence electrons. The van der Waals surface area contributed by atoms with Crippen LogP contribution in [0.4, 0.5) is 20.2 Å². The van der Waals surface area contributed by atoms with Gasteiger partial charge in [0.25, 0.3) is 0 Å². The molecule has 20 heavy (non-hydrogen) atoms. The van der Waals surface area contributed by atoms with Crippen molar-refractivity contribution in [3.63, 3.8) is 0 Å². The van der Waals surface area contributed by atoms with Crippen molar-refractivity contribution in [2.75, 3.05) is 18.4 Å². The van der Waals surface area contributed by atoms with Gasteiger partial charge in [0.05, 0.1) is 16.5 Å². The molecule has 0 radical (unpaired) electrons. The van der Waals surface area contributed by atoms with E-state index in [0.29, 0.717) is 25.2 Å². The topological polar surface area (TPSA) is 84.3 Å². The number of rotatable bonds is 3. The molecule has 1 saturated heterocycles. The van der Waals surface area contributed by atoms with E-state index in [0.717, 1.165) is 0 Å². The van der Waals surface area contributed by atoms with Crippen LogP contribution in [0.25, 0.3) is 0 Å². The van der Waals surface area contributed by atoms with Gasteiger partial charge in [-0.3, -0.25) is 14.9 Å². The second-order valence-corrected chi connectivity index (χ2v) is 4.77. The summed E-state index contributed by atoms with van der Waals surface area (Å²) in [6, 6.07) is 1.08. The van der Waals surface area contributed by atoms with Crippen LogP contribution in [-0.4, -0.2) is 23.9 Å². The van der Waals surface area contributed by atoms with Gasteiger partial charge >= 0.3 is 5.69 Å². The van der Waals surface area contributed by atoms with E-state index < -0.39 is 28.2 Å². The van der Waals surface area contributed by atoms with Crippen molar-refractivity contribution in [2.45, 2.75) is 6.92 Å². The second-order valence-electron chi connectivity index (χ2n) is 4.77. The number of carbonyl (C=O) groups is 1. The Bertz CT molecular complexity index is 565. The first-order valence-corrected chi connectivity index (χ1v) is 6.05. The lowest BCUT2D eigenvalue weighted by Gasteiger charge is -2.14. The first kappa shape index (κ1) is 14.3. The monoisotopic (exact) mass is 285 g/mol. The van der Waals surface area contributed by atoms with E-state index in [4.69, 9.17) is 0 Å². The highest BCUT2D eigenvalue weighted by Gasteiger charge is 2.30. The number of nitro benzene ring substituents is 1. The SMILES string of the molecule is C[C@@H]1CNC[C@H]1C(=O)Nc1cc([N+](=O)[O-])c(F)cc1F. The van der Waals surface area contributed by atoms with Crippen LogP contribution in [0, 0.1) is 33.6 Å². The fraction of sp³-hybridized carbons (Fsp3) is 0.417. The van der Waals surface area contributed by atoms with E-state index in [1.807, 2.05) is 6.92 Å². The number of halogens is 2. The number of nitro groups is 1. The molecular formula is C12H13F2N3O3. The van der Waals surface area contributed by atoms with E-state index in [9.17, 15) is 23.7 Å². The number of amides is 1. The van der Waals surface area contributed by atoms with Gasteiger partial charge < -0.3 is 10.6 Å². The zero-order valence-corrected chi connectivity index (χ0v) is 10.7. The van der Waals surface area contributed by atoms with Gasteiger partial charge in [-0.2, -0.15) is 4.39 Å². The minimum absolute atomic E-state index is 0.0773. The molecular weight excluding hydrogens is 272 g/mol. The summed E-state index contributed by atoms with van der Waals surface area (Å²) in [6.07, 6.45) is 0. The number of nitrogens with zero attached hydrogens (tertiary/aromatic N) is 1. The number of benzene rings is 1. The summed E-state index contributed by atoms with van der Waals surface area (Å²) in [6.45, 7) is 3.00. The minimum Gasteiger partial charge on any atom is -0.323 e. The third-order valence-electron chi connectivity index (χ3n) is 3.35. The van der Waals surface area contributed by atoms with Crippen molar-refractivity contribution in [1.82, 2.24) is 5.32 Å². The molecule has 1 aromatic rings. The van der Waals surface area contributed by atoms with Crippen LogP contribution in [-0.2, 0) is 4.79 Å². The van der Waals surface area contributed by atoms with E-state index >= 15 is 0 Å². The van der Waals surface area contributed by atoms with Gasteiger partial charge in [0.15, 0.2) is 0 Å². The van der Waals surface area contributed by atoms with Crippen molar-refractivity contribution >= 4 is 17.3 Å². The average molecular weight is 285 g/mol. The number of hydrogen-bond acceptors (Lipinski definition) is 4. The van der Waals surface area contributed by atoms with E-state index in [-0.39, 0.29) is 17.5 Å². The molecule has 1 amide bonds. The van der Waals surface area contributed by atoms with Crippen LogP contribution in [0.15, 0.2) is 12.1 Å². The van der Waals surface area contributed by atoms with Crippen LogP contribution >= 0.6 is 0 Å². The summed E-state index contributed by atoms with van der Waals surface area (Å²) in [5, 5.41) is 15.9. The Labute approximate surface area is 113 Å². The highest BCUT2D eigenvalue weighted by atomic mass is 19.1. The van der Waals surface area contributed by atoms with Crippen molar-refractivity contribution in [2.24, 2.45) is 11.8 Å². The minimum atomic E-state index is -1.28. The standard InChI is InChI=1S/C12H13F2N3O3/c1-6-4-15-5-7(6)12(18)16-10-3-11(17(19)20)9(14)2-8(10)13/h2-3,6-7,15H,4-5H2,1H3,(H,16,18)/t6-,7-/m1/s1. The highest BCUT2D eigenvalue weighted by Crippen LogP contribution is 2.26. The molecule has 1 aromatic carbocycles. The number of nitrogens with one attached hydrogen (secondary N) is 2. The molecule has 1 heterocycles. The van der Waals surface area contributed by atoms with E-state index in [1.165, 1.54) is 0 Å². The molecule has 2 atom stereocenters. The molecule has 2 rings (SSSR count). The number of hydrogen-bond donors (Lipinski definition) is 2. The number of anilines is 1. The predicted octanol–water partition coefficient (Wildman–Crippen LogP) is 1.67. The lowest BCUT2D eigenvalue weighted by Crippen LogP contribution is -2.28. The Kier molecular flexibility index (Phi) is 3.93. The summed E-state index contributed by atoms with van der Waals surface area (Å²) in [7, 11) is 0. The molecule has 0 aliphatic carbocycles. The van der Waals surface area contributed by atoms with Crippen LogP contribution in [0.1, 0.15) is 6.92 Å². The molecule has 1 aliphatic heterocycles. The molecule has 1 aliphatic rings. The zero-order chi connectivity index (χ0) is 14.9. The summed E-state index contributed by atoms with van der Waals surface area (Å²) in [4.78, 5) is 21.6. The van der Waals surface area contributed by atoms with Crippen molar-refractivity contribution in [3.8, 4) is 0 Å². The van der Waals surface area contributed by atoms with Crippen LogP contribution in [0.2, 0.25) is 0 Å². The maximum atomic E-state index is 13.5. The van der Waals surface area contributed by atoms with Gasteiger partial charge in [-0.05, 0) is 12.5 Å². The molecule has 8 heteroatoms. The molecule has 0 aromatic heterocycles. The molecule has 0 saturated carbocycles. The summed E-state index contributed by atoms with van der Waals surface area (Å²) in [5.41, 5.74) is -1.26. The van der Waals surface area contributed by atoms with Gasteiger partial charge in [-0.25, -0.2) is 4.39 Å². The van der Waals surface area contributed by atoms with Crippen molar-refractivity contribution in [1.29, 1.82) is 0 Å². The van der Waals surface area contributed by atoms with Gasteiger partial charge in [0, 0.05) is 18.7 Å². The predicted molar refractivity (Wildman–Crippen MR) is 67.2 cm³/mol. The second kappa shape index (κ2) is 5.49. The Balaban J connectivity index is 2.22. The quantitative estimate of drug-likeness (QED) is 0.653. The molecule has 2 N–H and O–H groups in total. The molecule has 6 nitrogen and oxygen atoms in total. The largest absolute Gasteiger partial charge is 0.323 e. The Hall–Kier alpha value is -2.09. The third kappa shape index (κ3) is 2.74. The summed E-state index contributed by atoms with van der Waals surface area (Å²) in [5.74, 6) is -3.03. The van der Waals surface area contributed by atoms with Gasteiger partial charge in [-0.1, -0.05) is 6.92 Å². The van der Waals surface area contributed by atoms with Gasteiger partial charge in [0.1, 0.15) is 5.82 Å². The Morgan fingerprint density at radius 1 is 1.40 bits per heavy atom. The lowest BCUT2D eigenvalue weighted by molar-refractivity contribution is -0.387. The van der Waals surface area contributed by atoms with E-state index in [1.54, 1.807) is 0 Å². The van der Waals surface area contributed by atoms with Crippen LogP contribution in [0.5, 0.6) is 0 Å². The highest BCUT2D eigenvalue weighted by molar-refractivity contribution is 5.93. The first-order chi connectivity index (χ1) is 9.40. The molecule has 0 bridgehead atoms. The van der Waals surface area contributed by atoms with Crippen molar-refractivity contribution in [3.05, 3.63) is 33.9 Å². The maximum Gasteiger partial charge on any atom is 0.307 e. The summed E-state index contributed by atoms with van der Waals surface area (Å²) < 4.78 is 26.7. The molecule has 0 unspecified atom stereocenters. The van der Waals surface area contributed by atoms with E-state index in [2.05, 4.69) is 10.6 Å². The van der Waals surface area contributed by atoms with Crippen LogP contribution in [0.3, 0.4) is 0 Å². The fourth-order valence-electron chi connectivity index (χ4n) is 2.16. The fourth-order valence-corrected chi connectivity index (χ4v) is 2.16. The first-order valence-electron chi connectivity index (χ1n) is 6.05. The lowest BCUT2D eigenvalue weighted by atomic mass is 9.97. The smallest absolute Gasteiger partial charge is 0.307 e. The maximum absolute atomic E-state index is 13.5. The van der Waals surface area contributed by atoms with Crippen LogP contribution < -0.4 is 10.6 Å². The number of carbonyl (C=O) groups excluding carboxylic acids is 1.